The van der Waals surface area contributed by atoms with Crippen molar-refractivity contribution in [3.63, 3.8) is 0 Å². The van der Waals surface area contributed by atoms with Gasteiger partial charge < -0.3 is 4.79 Å². The highest BCUT2D eigenvalue weighted by Crippen LogP contribution is 2.36. The number of fused-ring (bicyclic) bond motifs is 1. The molecule has 2 rings (SSSR count). The molecule has 0 saturated heterocycles. The number of aldehydes is 1. The Kier molecular flexibility index (Phi) is 3.14. The van der Waals surface area contributed by atoms with Gasteiger partial charge in [0, 0.05) is 11.3 Å². The molecular weight excluding hydrogens is 216 g/mol. The number of thioether (sulfide) groups is 1. The zero-order valence-electron chi connectivity index (χ0n) is 7.75. The number of carbonyl (C=O) groups is 1. The van der Waals surface area contributed by atoms with Crippen LogP contribution in [0.5, 0.6) is 0 Å². The highest BCUT2D eigenvalue weighted by Gasteiger charge is 2.13. The lowest BCUT2D eigenvalue weighted by Crippen LogP contribution is -2.00. The average Bonchev–Trinajstić information content (AvgIpc) is 2.18. The third-order valence-electron chi connectivity index (χ3n) is 2.34. The van der Waals surface area contributed by atoms with Gasteiger partial charge in [0.1, 0.15) is 6.29 Å². The third-order valence-corrected chi connectivity index (χ3v) is 4.01. The number of halogens is 1. The van der Waals surface area contributed by atoms with E-state index in [-0.39, 0.29) is 0 Å². The monoisotopic (exact) mass is 226 g/mol. The Morgan fingerprint density at radius 3 is 3.14 bits per heavy atom. The van der Waals surface area contributed by atoms with E-state index in [1.807, 2.05) is 17.8 Å². The summed E-state index contributed by atoms with van der Waals surface area (Å²) in [5, 5.41) is 0.809. The van der Waals surface area contributed by atoms with Crippen LogP contribution in [0.15, 0.2) is 17.0 Å². The van der Waals surface area contributed by atoms with Gasteiger partial charge in [-0.3, -0.25) is 0 Å². The van der Waals surface area contributed by atoms with Crippen molar-refractivity contribution in [3.8, 4) is 0 Å². The predicted molar refractivity (Wildman–Crippen MR) is 60.3 cm³/mol. The van der Waals surface area contributed by atoms with Crippen molar-refractivity contribution in [2.75, 3.05) is 5.75 Å². The fourth-order valence-electron chi connectivity index (χ4n) is 1.71. The molecule has 0 bridgehead atoms. The lowest BCUT2D eigenvalue weighted by atomic mass is 10.0. The summed E-state index contributed by atoms with van der Waals surface area (Å²) in [6, 6.07) is 4.02. The minimum Gasteiger partial charge on any atom is -0.303 e. The van der Waals surface area contributed by atoms with Crippen molar-refractivity contribution < 1.29 is 4.79 Å². The van der Waals surface area contributed by atoms with Crippen LogP contribution < -0.4 is 0 Å². The molecule has 74 valence electrons. The molecule has 1 aliphatic heterocycles. The van der Waals surface area contributed by atoms with Crippen LogP contribution in [0.4, 0.5) is 0 Å². The van der Waals surface area contributed by atoms with Gasteiger partial charge in [0.15, 0.2) is 0 Å². The normalized spacial score (nSPS) is 14.9. The SMILES string of the molecule is O=CCc1cc(Cl)c2c(c1)CCCS2. The van der Waals surface area contributed by atoms with Crippen molar-refractivity contribution >= 4 is 29.6 Å². The van der Waals surface area contributed by atoms with Crippen LogP contribution in [0.1, 0.15) is 17.5 Å². The van der Waals surface area contributed by atoms with E-state index in [4.69, 9.17) is 11.6 Å². The van der Waals surface area contributed by atoms with Crippen LogP contribution in [0, 0.1) is 0 Å². The summed E-state index contributed by atoms with van der Waals surface area (Å²) >= 11 is 7.97. The first-order chi connectivity index (χ1) is 6.81. The molecule has 1 nitrogen and oxygen atoms in total. The summed E-state index contributed by atoms with van der Waals surface area (Å²) in [6.45, 7) is 0. The van der Waals surface area contributed by atoms with Crippen LogP contribution in [0.25, 0.3) is 0 Å². The minimum absolute atomic E-state index is 0.470. The minimum atomic E-state index is 0.470. The summed E-state index contributed by atoms with van der Waals surface area (Å²) in [6.07, 6.45) is 3.69. The second-order valence-electron chi connectivity index (χ2n) is 3.39. The molecule has 0 saturated carbocycles. The van der Waals surface area contributed by atoms with Crippen molar-refractivity contribution in [2.24, 2.45) is 0 Å². The molecule has 0 aliphatic carbocycles. The summed E-state index contributed by atoms with van der Waals surface area (Å²) in [5.74, 6) is 1.15. The van der Waals surface area contributed by atoms with Gasteiger partial charge in [0.05, 0.1) is 5.02 Å². The molecule has 0 radical (unpaired) electrons. The summed E-state index contributed by atoms with van der Waals surface area (Å²) in [5.41, 5.74) is 2.34. The maximum Gasteiger partial charge on any atom is 0.124 e. The fourth-order valence-corrected chi connectivity index (χ4v) is 3.17. The van der Waals surface area contributed by atoms with Crippen LogP contribution in [-0.2, 0) is 17.6 Å². The molecule has 0 atom stereocenters. The lowest BCUT2D eigenvalue weighted by Gasteiger charge is -2.17. The molecule has 0 amide bonds. The van der Waals surface area contributed by atoms with E-state index in [9.17, 15) is 4.79 Å². The number of aryl methyl sites for hydroxylation is 1. The second-order valence-corrected chi connectivity index (χ2v) is 4.90. The molecule has 0 spiro atoms. The van der Waals surface area contributed by atoms with E-state index in [0.29, 0.717) is 6.42 Å². The van der Waals surface area contributed by atoms with Gasteiger partial charge >= 0.3 is 0 Å². The van der Waals surface area contributed by atoms with Crippen LogP contribution in [0.3, 0.4) is 0 Å². The number of hydrogen-bond acceptors (Lipinski definition) is 2. The van der Waals surface area contributed by atoms with Gasteiger partial charge in [-0.1, -0.05) is 17.7 Å². The number of rotatable bonds is 2. The number of benzene rings is 1. The zero-order valence-corrected chi connectivity index (χ0v) is 9.33. The van der Waals surface area contributed by atoms with Gasteiger partial charge in [0.2, 0.25) is 0 Å². The molecule has 1 heterocycles. The largest absolute Gasteiger partial charge is 0.303 e. The van der Waals surface area contributed by atoms with Crippen LogP contribution in [-0.4, -0.2) is 12.0 Å². The Hall–Kier alpha value is -0.470. The van der Waals surface area contributed by atoms with Crippen molar-refractivity contribution in [3.05, 3.63) is 28.3 Å². The van der Waals surface area contributed by atoms with E-state index < -0.39 is 0 Å². The van der Waals surface area contributed by atoms with E-state index in [2.05, 4.69) is 6.07 Å². The predicted octanol–water partition coefficient (Wildman–Crippen LogP) is 3.12. The summed E-state index contributed by atoms with van der Waals surface area (Å²) < 4.78 is 0. The Morgan fingerprint density at radius 2 is 2.36 bits per heavy atom. The molecule has 3 heteroatoms. The van der Waals surface area contributed by atoms with Crippen LogP contribution in [0.2, 0.25) is 5.02 Å². The van der Waals surface area contributed by atoms with E-state index in [1.54, 1.807) is 0 Å². The second kappa shape index (κ2) is 4.37. The maximum atomic E-state index is 10.4. The Labute approximate surface area is 92.8 Å². The van der Waals surface area contributed by atoms with Gasteiger partial charge in [0.25, 0.3) is 0 Å². The highest BCUT2D eigenvalue weighted by molar-refractivity contribution is 7.99. The van der Waals surface area contributed by atoms with Gasteiger partial charge in [-0.05, 0) is 35.8 Å². The Balaban J connectivity index is 2.40. The smallest absolute Gasteiger partial charge is 0.124 e. The molecular formula is C11H11ClOS. The van der Waals surface area contributed by atoms with E-state index in [1.165, 1.54) is 16.9 Å². The Bertz CT molecular complexity index is 363. The summed E-state index contributed by atoms with van der Waals surface area (Å²) in [7, 11) is 0. The van der Waals surface area contributed by atoms with Crippen molar-refractivity contribution in [2.45, 2.75) is 24.2 Å². The molecule has 0 fully saturated rings. The average molecular weight is 227 g/mol. The molecule has 1 aliphatic rings. The number of carbonyl (C=O) groups excluding carboxylic acids is 1. The third kappa shape index (κ3) is 1.96. The quantitative estimate of drug-likeness (QED) is 0.721. The topological polar surface area (TPSA) is 17.1 Å². The molecule has 0 unspecified atom stereocenters. The molecule has 0 N–H and O–H groups in total. The molecule has 1 aromatic carbocycles. The molecule has 14 heavy (non-hydrogen) atoms. The first-order valence-corrected chi connectivity index (χ1v) is 6.05. The standard InChI is InChI=1S/C11H11ClOS/c12-10-7-8(3-4-13)6-9-2-1-5-14-11(9)10/h4,6-7H,1-3,5H2. The molecule has 0 aromatic heterocycles. The van der Waals surface area contributed by atoms with Crippen molar-refractivity contribution in [1.82, 2.24) is 0 Å². The highest BCUT2D eigenvalue weighted by atomic mass is 35.5. The maximum absolute atomic E-state index is 10.4. The fraction of sp³-hybridized carbons (Fsp3) is 0.364. The first kappa shape index (κ1) is 10.1. The van der Waals surface area contributed by atoms with E-state index >= 15 is 0 Å². The zero-order chi connectivity index (χ0) is 9.97. The van der Waals surface area contributed by atoms with Gasteiger partial charge in [-0.2, -0.15) is 0 Å². The van der Waals surface area contributed by atoms with Gasteiger partial charge in [-0.15, -0.1) is 11.8 Å². The Morgan fingerprint density at radius 1 is 1.50 bits per heavy atom. The molecule has 1 aromatic rings. The van der Waals surface area contributed by atoms with Gasteiger partial charge in [-0.25, -0.2) is 0 Å². The number of hydrogen-bond donors (Lipinski definition) is 0. The first-order valence-electron chi connectivity index (χ1n) is 4.69. The van der Waals surface area contributed by atoms with Crippen LogP contribution >= 0.6 is 23.4 Å². The van der Waals surface area contributed by atoms with E-state index in [0.717, 1.165) is 29.0 Å². The lowest BCUT2D eigenvalue weighted by molar-refractivity contribution is -0.107. The summed E-state index contributed by atoms with van der Waals surface area (Å²) in [4.78, 5) is 11.6. The van der Waals surface area contributed by atoms with Crippen molar-refractivity contribution in [1.29, 1.82) is 0 Å².